The van der Waals surface area contributed by atoms with Crippen LogP contribution in [0.15, 0.2) is 91.0 Å². The van der Waals surface area contributed by atoms with Crippen LogP contribution in [-0.2, 0) is 0 Å². The van der Waals surface area contributed by atoms with E-state index in [1.165, 1.54) is 0 Å². The molecule has 3 aromatic rings. The number of nitrogens with one attached hydrogen (secondary N) is 1. The molecule has 0 aliphatic rings. The summed E-state index contributed by atoms with van der Waals surface area (Å²) < 4.78 is 0. The zero-order valence-electron chi connectivity index (χ0n) is 12.1. The van der Waals surface area contributed by atoms with Gasteiger partial charge in [-0.15, -0.1) is 0 Å². The molecule has 0 saturated carbocycles. The largest absolute Gasteiger partial charge is 0.371 e. The van der Waals surface area contributed by atoms with Gasteiger partial charge in [0.1, 0.15) is 6.04 Å². The number of anilines is 1. The van der Waals surface area contributed by atoms with Crippen LogP contribution in [0.4, 0.5) is 5.69 Å². The fourth-order valence-corrected chi connectivity index (χ4v) is 2.42. The Morgan fingerprint density at radius 2 is 1.18 bits per heavy atom. The Labute approximate surface area is 130 Å². The van der Waals surface area contributed by atoms with Gasteiger partial charge in [0.15, 0.2) is 5.78 Å². The minimum absolute atomic E-state index is 0.0654. The van der Waals surface area contributed by atoms with Gasteiger partial charge < -0.3 is 5.32 Å². The van der Waals surface area contributed by atoms with Gasteiger partial charge in [-0.2, -0.15) is 0 Å². The first-order valence-corrected chi connectivity index (χ1v) is 7.30. The smallest absolute Gasteiger partial charge is 0.189 e. The molecule has 1 N–H and O–H groups in total. The highest BCUT2D eigenvalue weighted by Gasteiger charge is 2.21. The first kappa shape index (κ1) is 14.1. The van der Waals surface area contributed by atoms with E-state index in [0.29, 0.717) is 5.56 Å². The first-order chi connectivity index (χ1) is 10.8. The van der Waals surface area contributed by atoms with Crippen molar-refractivity contribution in [2.75, 3.05) is 5.32 Å². The highest BCUT2D eigenvalue weighted by Crippen LogP contribution is 2.23. The average Bonchev–Trinajstić information content (AvgIpc) is 2.61. The predicted octanol–water partition coefficient (Wildman–Crippen LogP) is 4.72. The normalized spacial score (nSPS) is 11.6. The molecule has 0 fully saturated rings. The lowest BCUT2D eigenvalue weighted by Crippen LogP contribution is -2.21. The van der Waals surface area contributed by atoms with E-state index in [1.54, 1.807) is 0 Å². The fourth-order valence-electron chi connectivity index (χ4n) is 2.42. The molecule has 1 atom stereocenters. The van der Waals surface area contributed by atoms with E-state index in [9.17, 15) is 4.79 Å². The fraction of sp³-hybridized carbons (Fsp3) is 0.0500. The van der Waals surface area contributed by atoms with Gasteiger partial charge in [0.05, 0.1) is 0 Å². The van der Waals surface area contributed by atoms with Crippen LogP contribution in [-0.4, -0.2) is 5.78 Å². The van der Waals surface area contributed by atoms with E-state index < -0.39 is 6.04 Å². The molecule has 0 spiro atoms. The highest BCUT2D eigenvalue weighted by molar-refractivity contribution is 6.02. The minimum Gasteiger partial charge on any atom is -0.371 e. The lowest BCUT2D eigenvalue weighted by atomic mass is 9.97. The van der Waals surface area contributed by atoms with Crippen LogP contribution in [0.3, 0.4) is 0 Å². The van der Waals surface area contributed by atoms with Crippen molar-refractivity contribution in [3.05, 3.63) is 102 Å². The molecule has 0 heterocycles. The SMILES string of the molecule is O=C(c1ccccc1)[C@@H](Nc1ccccc1)c1ccccc1. The maximum Gasteiger partial charge on any atom is 0.189 e. The zero-order chi connectivity index (χ0) is 15.2. The molecule has 3 aromatic carbocycles. The molecule has 0 aliphatic carbocycles. The van der Waals surface area contributed by atoms with Gasteiger partial charge in [-0.3, -0.25) is 4.79 Å². The number of para-hydroxylation sites is 1. The second-order valence-electron chi connectivity index (χ2n) is 5.08. The summed E-state index contributed by atoms with van der Waals surface area (Å²) in [5.74, 6) is 0.0654. The summed E-state index contributed by atoms with van der Waals surface area (Å²) in [7, 11) is 0. The molecule has 0 radical (unpaired) electrons. The number of hydrogen-bond donors (Lipinski definition) is 1. The molecule has 0 amide bonds. The maximum atomic E-state index is 12.9. The van der Waals surface area contributed by atoms with Crippen molar-refractivity contribution in [2.45, 2.75) is 6.04 Å². The summed E-state index contributed by atoms with van der Waals surface area (Å²) >= 11 is 0. The second kappa shape index (κ2) is 6.72. The topological polar surface area (TPSA) is 29.1 Å². The van der Waals surface area contributed by atoms with Gasteiger partial charge >= 0.3 is 0 Å². The van der Waals surface area contributed by atoms with Crippen LogP contribution in [0, 0.1) is 0 Å². The number of benzene rings is 3. The van der Waals surface area contributed by atoms with Crippen molar-refractivity contribution >= 4 is 11.5 Å². The van der Waals surface area contributed by atoms with Crippen molar-refractivity contribution < 1.29 is 4.79 Å². The lowest BCUT2D eigenvalue weighted by molar-refractivity contribution is 0.0969. The van der Waals surface area contributed by atoms with Crippen LogP contribution in [0.2, 0.25) is 0 Å². The highest BCUT2D eigenvalue weighted by atomic mass is 16.1. The van der Waals surface area contributed by atoms with E-state index in [1.807, 2.05) is 91.0 Å². The van der Waals surface area contributed by atoms with Gasteiger partial charge in [-0.1, -0.05) is 78.9 Å². The monoisotopic (exact) mass is 287 g/mol. The van der Waals surface area contributed by atoms with Crippen molar-refractivity contribution in [3.8, 4) is 0 Å². The summed E-state index contributed by atoms with van der Waals surface area (Å²) in [5, 5.41) is 3.34. The number of rotatable bonds is 5. The number of carbonyl (C=O) groups excluding carboxylic acids is 1. The quantitative estimate of drug-likeness (QED) is 0.688. The van der Waals surface area contributed by atoms with Gasteiger partial charge in [-0.05, 0) is 17.7 Å². The summed E-state index contributed by atoms with van der Waals surface area (Å²) in [4.78, 5) is 12.9. The van der Waals surface area contributed by atoms with Crippen molar-refractivity contribution in [1.82, 2.24) is 0 Å². The lowest BCUT2D eigenvalue weighted by Gasteiger charge is -2.19. The molecule has 0 aromatic heterocycles. The van der Waals surface area contributed by atoms with E-state index >= 15 is 0 Å². The van der Waals surface area contributed by atoms with Gasteiger partial charge in [0.25, 0.3) is 0 Å². The summed E-state index contributed by atoms with van der Waals surface area (Å²) in [6.07, 6.45) is 0. The maximum absolute atomic E-state index is 12.9. The molecule has 108 valence electrons. The van der Waals surface area contributed by atoms with Gasteiger partial charge in [-0.25, -0.2) is 0 Å². The van der Waals surface area contributed by atoms with Gasteiger partial charge in [0.2, 0.25) is 0 Å². The minimum atomic E-state index is -0.397. The Morgan fingerprint density at radius 1 is 0.682 bits per heavy atom. The van der Waals surface area contributed by atoms with E-state index in [0.717, 1.165) is 11.3 Å². The third kappa shape index (κ3) is 3.23. The molecule has 0 aliphatic heterocycles. The number of hydrogen-bond acceptors (Lipinski definition) is 2. The van der Waals surface area contributed by atoms with E-state index in [4.69, 9.17) is 0 Å². The summed E-state index contributed by atoms with van der Waals surface area (Å²) in [6.45, 7) is 0. The number of Topliss-reactive ketones (excluding diaryl/α,β-unsaturated/α-hetero) is 1. The first-order valence-electron chi connectivity index (χ1n) is 7.30. The van der Waals surface area contributed by atoms with E-state index in [2.05, 4.69) is 5.32 Å². The molecule has 0 unspecified atom stereocenters. The van der Waals surface area contributed by atoms with E-state index in [-0.39, 0.29) is 5.78 Å². The zero-order valence-corrected chi connectivity index (χ0v) is 12.1. The Bertz CT molecular complexity index is 723. The molecular weight excluding hydrogens is 270 g/mol. The average molecular weight is 287 g/mol. The molecule has 2 heteroatoms. The Morgan fingerprint density at radius 3 is 1.77 bits per heavy atom. The van der Waals surface area contributed by atoms with Crippen molar-refractivity contribution in [2.24, 2.45) is 0 Å². The number of ketones is 1. The molecule has 0 saturated heterocycles. The molecule has 22 heavy (non-hydrogen) atoms. The van der Waals surface area contributed by atoms with Crippen LogP contribution >= 0.6 is 0 Å². The van der Waals surface area contributed by atoms with Crippen LogP contribution in [0.5, 0.6) is 0 Å². The third-order valence-corrected chi connectivity index (χ3v) is 3.54. The molecule has 0 bridgehead atoms. The Hall–Kier alpha value is -2.87. The standard InChI is InChI=1S/C20H17NO/c22-20(17-12-6-2-7-13-17)19(16-10-4-1-5-11-16)21-18-14-8-3-9-15-18/h1-15,19,21H/t19-/m0/s1. The van der Waals surface area contributed by atoms with Crippen molar-refractivity contribution in [1.29, 1.82) is 0 Å². The summed E-state index contributed by atoms with van der Waals surface area (Å²) in [5.41, 5.74) is 2.60. The van der Waals surface area contributed by atoms with Crippen LogP contribution in [0.25, 0.3) is 0 Å². The molecular formula is C20H17NO. The number of carbonyl (C=O) groups is 1. The second-order valence-corrected chi connectivity index (χ2v) is 5.08. The van der Waals surface area contributed by atoms with Gasteiger partial charge in [0, 0.05) is 11.3 Å². The molecule has 3 rings (SSSR count). The summed E-state index contributed by atoms with van der Waals surface area (Å²) in [6, 6.07) is 28.6. The predicted molar refractivity (Wildman–Crippen MR) is 90.0 cm³/mol. The third-order valence-electron chi connectivity index (χ3n) is 3.54. The van der Waals surface area contributed by atoms with Crippen LogP contribution < -0.4 is 5.32 Å². The molecule has 2 nitrogen and oxygen atoms in total. The van der Waals surface area contributed by atoms with Crippen molar-refractivity contribution in [3.63, 3.8) is 0 Å². The van der Waals surface area contributed by atoms with Crippen LogP contribution in [0.1, 0.15) is 22.0 Å². The Balaban J connectivity index is 1.95. The Kier molecular flexibility index (Phi) is 4.30.